The van der Waals surface area contributed by atoms with Gasteiger partial charge in [0.25, 0.3) is 5.56 Å². The van der Waals surface area contributed by atoms with Crippen molar-refractivity contribution in [2.45, 2.75) is 24.9 Å². The summed E-state index contributed by atoms with van der Waals surface area (Å²) in [5.74, 6) is 0.349. The third-order valence-electron chi connectivity index (χ3n) is 5.71. The fourth-order valence-electron chi connectivity index (χ4n) is 4.50. The molecular weight excluding hydrogens is 396 g/mol. The fourth-order valence-corrected chi connectivity index (χ4v) is 5.31. The Balaban J connectivity index is 0.00000192. The van der Waals surface area contributed by atoms with Gasteiger partial charge >= 0.3 is 0 Å². The van der Waals surface area contributed by atoms with E-state index < -0.39 is 6.04 Å². The third kappa shape index (κ3) is 3.13. The lowest BCUT2D eigenvalue weighted by Gasteiger charge is -2.42. The maximum Gasteiger partial charge on any atom is 0.251 e. The molecule has 3 aromatic rings. The Morgan fingerprint density at radius 3 is 3.00 bits per heavy atom. The smallest absolute Gasteiger partial charge is 0.251 e. The van der Waals surface area contributed by atoms with Crippen molar-refractivity contribution in [3.63, 3.8) is 0 Å². The number of carbonyl (C=O) groups is 1. The van der Waals surface area contributed by atoms with E-state index in [0.717, 1.165) is 41.0 Å². The molecule has 1 fully saturated rings. The topological polar surface area (TPSA) is 76.0 Å². The molecule has 2 aromatic heterocycles. The molecule has 1 amide bonds. The Morgan fingerprint density at radius 1 is 1.25 bits per heavy atom. The van der Waals surface area contributed by atoms with Crippen molar-refractivity contribution in [3.05, 3.63) is 63.5 Å². The molecule has 2 aliphatic rings. The predicted octanol–water partition coefficient (Wildman–Crippen LogP) is 2.44. The number of hydrogen-bond acceptors (Lipinski definition) is 5. The van der Waals surface area contributed by atoms with Crippen LogP contribution in [0, 0.1) is 5.92 Å². The van der Waals surface area contributed by atoms with Gasteiger partial charge in [-0.2, -0.15) is 0 Å². The van der Waals surface area contributed by atoms with Crippen molar-refractivity contribution >= 4 is 39.9 Å². The lowest BCUT2D eigenvalue weighted by molar-refractivity contribution is -0.127. The van der Waals surface area contributed by atoms with Gasteiger partial charge in [-0.3, -0.25) is 14.2 Å². The Bertz CT molecular complexity index is 1080. The number of nitrogens with one attached hydrogen (secondary N) is 2. The molecule has 4 heterocycles. The summed E-state index contributed by atoms with van der Waals surface area (Å²) in [6, 6.07) is 10.8. The highest BCUT2D eigenvalue weighted by atomic mass is 35.5. The minimum atomic E-state index is -0.460. The molecule has 3 atom stereocenters. The number of benzene rings is 1. The summed E-state index contributed by atoms with van der Waals surface area (Å²) in [6.07, 6.45) is 0.943. The Kier molecular flexibility index (Phi) is 5.23. The maximum atomic E-state index is 13.1. The number of amides is 1. The van der Waals surface area contributed by atoms with Crippen LogP contribution in [0.4, 0.5) is 0 Å². The summed E-state index contributed by atoms with van der Waals surface area (Å²) in [5, 5.41) is 6.50. The predicted molar refractivity (Wildman–Crippen MR) is 112 cm³/mol. The van der Waals surface area contributed by atoms with Crippen molar-refractivity contribution in [1.29, 1.82) is 0 Å². The van der Waals surface area contributed by atoms with Crippen molar-refractivity contribution in [2.75, 3.05) is 13.1 Å². The van der Waals surface area contributed by atoms with Gasteiger partial charge in [-0.15, -0.1) is 23.7 Å². The van der Waals surface area contributed by atoms with Crippen molar-refractivity contribution in [2.24, 2.45) is 5.92 Å². The van der Waals surface area contributed by atoms with Gasteiger partial charge in [0, 0.05) is 43.2 Å². The highest BCUT2D eigenvalue weighted by Gasteiger charge is 2.41. The number of fused-ring (bicyclic) bond motifs is 5. The minimum Gasteiger partial charge on any atom is -0.350 e. The zero-order valence-electron chi connectivity index (χ0n) is 15.1. The molecule has 5 rings (SSSR count). The zero-order valence-corrected chi connectivity index (χ0v) is 16.8. The largest absolute Gasteiger partial charge is 0.350 e. The number of carbonyl (C=O) groups excluding carboxylic acids is 1. The standard InChI is InChI=1S/C20H20N4O2S.ClH/c25-17-6-2-5-16-13-7-14(9-21-8-13)18(24(16)17)20(26)22-10-12-3-1-4-15-19(12)27-11-23-15;/h1-6,11,13-14,18,21H,7-10H2,(H,22,26);1H/t13-,14+,18-;/m1./s1. The monoisotopic (exact) mass is 416 g/mol. The molecule has 2 aliphatic heterocycles. The van der Waals surface area contributed by atoms with Crippen LogP contribution in [0.25, 0.3) is 10.2 Å². The van der Waals surface area contributed by atoms with E-state index in [1.165, 1.54) is 0 Å². The fraction of sp³-hybridized carbons (Fsp3) is 0.350. The van der Waals surface area contributed by atoms with Crippen molar-refractivity contribution < 1.29 is 4.79 Å². The second-order valence-corrected chi connectivity index (χ2v) is 8.14. The van der Waals surface area contributed by atoms with Crippen LogP contribution in [0.1, 0.15) is 29.6 Å². The summed E-state index contributed by atoms with van der Waals surface area (Å²) in [7, 11) is 0. The van der Waals surface area contributed by atoms with E-state index in [-0.39, 0.29) is 29.8 Å². The first-order valence-electron chi connectivity index (χ1n) is 9.23. The van der Waals surface area contributed by atoms with Crippen LogP contribution in [-0.4, -0.2) is 28.5 Å². The Morgan fingerprint density at radius 2 is 2.11 bits per heavy atom. The van der Waals surface area contributed by atoms with E-state index >= 15 is 0 Å². The molecule has 0 unspecified atom stereocenters. The molecule has 0 aliphatic carbocycles. The molecule has 0 saturated carbocycles. The van der Waals surface area contributed by atoms with Crippen molar-refractivity contribution in [1.82, 2.24) is 20.2 Å². The van der Waals surface area contributed by atoms with Gasteiger partial charge < -0.3 is 10.6 Å². The Labute approximate surface area is 172 Å². The molecular formula is C20H21ClN4O2S. The van der Waals surface area contributed by atoms with E-state index in [0.29, 0.717) is 12.5 Å². The number of piperidine rings is 1. The number of halogens is 1. The lowest BCUT2D eigenvalue weighted by Crippen LogP contribution is -2.52. The molecule has 0 spiro atoms. The number of thiazole rings is 1. The van der Waals surface area contributed by atoms with Crippen LogP contribution in [0.2, 0.25) is 0 Å². The van der Waals surface area contributed by atoms with Crippen LogP contribution in [0.15, 0.2) is 46.7 Å². The van der Waals surface area contributed by atoms with Crippen LogP contribution in [0.3, 0.4) is 0 Å². The molecule has 0 radical (unpaired) electrons. The summed E-state index contributed by atoms with van der Waals surface area (Å²) in [6.45, 7) is 2.07. The van der Waals surface area contributed by atoms with E-state index in [4.69, 9.17) is 0 Å². The van der Waals surface area contributed by atoms with Crippen LogP contribution in [-0.2, 0) is 11.3 Å². The maximum absolute atomic E-state index is 13.1. The van der Waals surface area contributed by atoms with Crippen LogP contribution >= 0.6 is 23.7 Å². The summed E-state index contributed by atoms with van der Waals surface area (Å²) in [4.78, 5) is 30.1. The van der Waals surface area contributed by atoms with E-state index in [1.54, 1.807) is 28.0 Å². The zero-order chi connectivity index (χ0) is 18.4. The van der Waals surface area contributed by atoms with E-state index in [9.17, 15) is 9.59 Å². The first-order chi connectivity index (χ1) is 13.2. The number of aromatic nitrogens is 2. The summed E-state index contributed by atoms with van der Waals surface area (Å²) >= 11 is 1.58. The average Bonchev–Trinajstić information content (AvgIpc) is 3.17. The molecule has 1 aromatic carbocycles. The van der Waals surface area contributed by atoms with Gasteiger partial charge in [0.2, 0.25) is 5.91 Å². The number of rotatable bonds is 3. The molecule has 6 nitrogen and oxygen atoms in total. The average molecular weight is 417 g/mol. The van der Waals surface area contributed by atoms with Crippen LogP contribution < -0.4 is 16.2 Å². The molecule has 28 heavy (non-hydrogen) atoms. The SMILES string of the molecule is Cl.O=C(NCc1cccc2ncsc12)[C@H]1[C@@H]2CNC[C@@H](C2)c2cccc(=O)n21. The molecule has 1 saturated heterocycles. The van der Waals surface area contributed by atoms with Crippen molar-refractivity contribution in [3.8, 4) is 0 Å². The molecule has 2 bridgehead atoms. The highest BCUT2D eigenvalue weighted by Crippen LogP contribution is 2.38. The Hall–Kier alpha value is -2.22. The number of pyridine rings is 1. The van der Waals surface area contributed by atoms with E-state index in [2.05, 4.69) is 15.6 Å². The summed E-state index contributed by atoms with van der Waals surface area (Å²) < 4.78 is 2.82. The van der Waals surface area contributed by atoms with Gasteiger partial charge in [0.05, 0.1) is 15.7 Å². The molecule has 2 N–H and O–H groups in total. The van der Waals surface area contributed by atoms with E-state index in [1.807, 2.05) is 29.8 Å². The molecule has 146 valence electrons. The molecule has 8 heteroatoms. The first kappa shape index (κ1) is 19.1. The normalized spacial score (nSPS) is 22.9. The van der Waals surface area contributed by atoms with Gasteiger partial charge in [-0.25, -0.2) is 4.98 Å². The van der Waals surface area contributed by atoms with Gasteiger partial charge in [0.15, 0.2) is 0 Å². The van der Waals surface area contributed by atoms with Crippen LogP contribution in [0.5, 0.6) is 0 Å². The summed E-state index contributed by atoms with van der Waals surface area (Å²) in [5.41, 5.74) is 4.70. The number of nitrogens with zero attached hydrogens (tertiary/aromatic N) is 2. The highest BCUT2D eigenvalue weighted by molar-refractivity contribution is 7.16. The number of hydrogen-bond donors (Lipinski definition) is 2. The second-order valence-electron chi connectivity index (χ2n) is 7.29. The lowest BCUT2D eigenvalue weighted by atomic mass is 9.79. The van der Waals surface area contributed by atoms with Gasteiger partial charge in [-0.1, -0.05) is 18.2 Å². The van der Waals surface area contributed by atoms with Gasteiger partial charge in [-0.05, 0) is 24.1 Å². The van der Waals surface area contributed by atoms with Gasteiger partial charge in [0.1, 0.15) is 6.04 Å². The first-order valence-corrected chi connectivity index (χ1v) is 10.1. The quantitative estimate of drug-likeness (QED) is 0.687. The second kappa shape index (κ2) is 7.66. The minimum absolute atomic E-state index is 0. The third-order valence-corrected chi connectivity index (χ3v) is 6.63.